The Morgan fingerprint density at radius 1 is 1.03 bits per heavy atom. The number of rotatable bonds is 5. The van der Waals surface area contributed by atoms with Crippen LogP contribution in [0.15, 0.2) is 70.6 Å². The third-order valence-electron chi connectivity index (χ3n) is 7.06. The van der Waals surface area contributed by atoms with E-state index in [1.807, 2.05) is 60.4 Å². The van der Waals surface area contributed by atoms with Crippen molar-refractivity contribution in [2.45, 2.75) is 52.0 Å². The van der Waals surface area contributed by atoms with Crippen LogP contribution in [0.1, 0.15) is 59.4 Å². The molecule has 0 bridgehead atoms. The van der Waals surface area contributed by atoms with Gasteiger partial charge in [-0.1, -0.05) is 37.5 Å². The first-order valence-electron chi connectivity index (χ1n) is 12.7. The van der Waals surface area contributed by atoms with Gasteiger partial charge in [0.25, 0.3) is 5.91 Å². The van der Waals surface area contributed by atoms with Gasteiger partial charge in [-0.2, -0.15) is 0 Å². The van der Waals surface area contributed by atoms with Crippen molar-refractivity contribution in [2.75, 3.05) is 7.11 Å². The Hall–Kier alpha value is -3.58. The second-order valence-corrected chi connectivity index (χ2v) is 10.5. The molecule has 0 spiro atoms. The molecule has 5 rings (SSSR count). The lowest BCUT2D eigenvalue weighted by atomic mass is 9.94. The largest absolute Gasteiger partial charge is 0.465 e. The molecule has 1 aromatic heterocycles. The quantitative estimate of drug-likeness (QED) is 0.277. The van der Waals surface area contributed by atoms with E-state index in [4.69, 9.17) is 9.73 Å². The molecular weight excluding hydrogens is 482 g/mol. The van der Waals surface area contributed by atoms with E-state index in [-0.39, 0.29) is 17.9 Å². The van der Waals surface area contributed by atoms with E-state index in [1.54, 1.807) is 12.1 Å². The lowest BCUT2D eigenvalue weighted by Gasteiger charge is -2.30. The molecule has 2 fully saturated rings. The van der Waals surface area contributed by atoms with Crippen molar-refractivity contribution in [2.24, 2.45) is 4.99 Å². The van der Waals surface area contributed by atoms with Crippen LogP contribution in [-0.4, -0.2) is 39.7 Å². The highest BCUT2D eigenvalue weighted by Crippen LogP contribution is 2.39. The minimum atomic E-state index is -0.356. The molecule has 2 heterocycles. The Kier molecular flexibility index (Phi) is 7.33. The molecule has 0 unspecified atom stereocenters. The van der Waals surface area contributed by atoms with Crippen molar-refractivity contribution >= 4 is 40.6 Å². The van der Waals surface area contributed by atoms with Crippen molar-refractivity contribution in [3.05, 3.63) is 88.1 Å². The smallest absolute Gasteiger partial charge is 0.337 e. The number of amides is 1. The summed E-state index contributed by atoms with van der Waals surface area (Å²) in [5.41, 5.74) is 5.39. The van der Waals surface area contributed by atoms with Crippen molar-refractivity contribution in [1.82, 2.24) is 9.47 Å². The fourth-order valence-electron chi connectivity index (χ4n) is 5.18. The third kappa shape index (κ3) is 5.14. The number of carbonyl (C=O) groups excluding carboxylic acids is 2. The molecule has 1 saturated carbocycles. The van der Waals surface area contributed by atoms with E-state index in [1.165, 1.54) is 25.3 Å². The number of para-hydroxylation sites is 1. The lowest BCUT2D eigenvalue weighted by Crippen LogP contribution is -2.40. The van der Waals surface area contributed by atoms with Gasteiger partial charge in [0.05, 0.1) is 23.3 Å². The standard InChI is InChI=1S/C30H31N3O3S/c1-20-18-23(21(2)32(20)26-16-14-22(15-17-26)29(35)36-3)19-27-28(34)33(25-12-8-5-9-13-25)30(37-27)31-24-10-6-4-7-11-24/h4,6-7,10-11,14-19,25H,5,8-9,12-13H2,1-3H3/b27-19+,31-30?. The summed E-state index contributed by atoms with van der Waals surface area (Å²) in [5.74, 6) is -0.316. The highest BCUT2D eigenvalue weighted by Gasteiger charge is 2.38. The van der Waals surface area contributed by atoms with Crippen LogP contribution in [0.4, 0.5) is 5.69 Å². The fourth-order valence-corrected chi connectivity index (χ4v) is 6.23. The summed E-state index contributed by atoms with van der Waals surface area (Å²) in [6.45, 7) is 4.10. The predicted molar refractivity (Wildman–Crippen MR) is 149 cm³/mol. The summed E-state index contributed by atoms with van der Waals surface area (Å²) in [4.78, 5) is 33.1. The van der Waals surface area contributed by atoms with Crippen LogP contribution in [-0.2, 0) is 9.53 Å². The number of hydrogen-bond donors (Lipinski definition) is 0. The van der Waals surface area contributed by atoms with E-state index in [0.717, 1.165) is 59.2 Å². The van der Waals surface area contributed by atoms with E-state index >= 15 is 0 Å². The molecule has 1 saturated heterocycles. The van der Waals surface area contributed by atoms with Crippen LogP contribution >= 0.6 is 11.8 Å². The molecule has 7 heteroatoms. The second kappa shape index (κ2) is 10.8. The molecule has 1 amide bonds. The first-order valence-corrected chi connectivity index (χ1v) is 13.5. The molecule has 3 aromatic rings. The Balaban J connectivity index is 1.49. The predicted octanol–water partition coefficient (Wildman–Crippen LogP) is 6.82. The van der Waals surface area contributed by atoms with Gasteiger partial charge in [0.2, 0.25) is 0 Å². The average Bonchev–Trinajstić information content (AvgIpc) is 3.38. The number of thioether (sulfide) groups is 1. The molecule has 0 N–H and O–H groups in total. The number of aryl methyl sites for hydroxylation is 1. The van der Waals surface area contributed by atoms with E-state index < -0.39 is 0 Å². The van der Waals surface area contributed by atoms with E-state index in [2.05, 4.69) is 17.6 Å². The average molecular weight is 514 g/mol. The zero-order valence-corrected chi connectivity index (χ0v) is 22.3. The van der Waals surface area contributed by atoms with Crippen molar-refractivity contribution in [1.29, 1.82) is 0 Å². The number of aliphatic imine (C=N–C) groups is 1. The summed E-state index contributed by atoms with van der Waals surface area (Å²) in [6.07, 6.45) is 7.55. The van der Waals surface area contributed by atoms with Crippen LogP contribution in [0.5, 0.6) is 0 Å². The number of hydrogen-bond acceptors (Lipinski definition) is 5. The van der Waals surface area contributed by atoms with Gasteiger partial charge in [0.15, 0.2) is 5.17 Å². The molecule has 1 aliphatic heterocycles. The molecule has 1 aliphatic carbocycles. The van der Waals surface area contributed by atoms with Crippen LogP contribution in [0.25, 0.3) is 11.8 Å². The number of ether oxygens (including phenoxy) is 1. The number of nitrogens with zero attached hydrogens (tertiary/aromatic N) is 3. The first-order chi connectivity index (χ1) is 18.0. The number of carbonyl (C=O) groups is 2. The fraction of sp³-hybridized carbons (Fsp3) is 0.300. The van der Waals surface area contributed by atoms with Gasteiger partial charge in [0, 0.05) is 23.1 Å². The van der Waals surface area contributed by atoms with E-state index in [0.29, 0.717) is 10.5 Å². The van der Waals surface area contributed by atoms with Crippen LogP contribution in [0.2, 0.25) is 0 Å². The lowest BCUT2D eigenvalue weighted by molar-refractivity contribution is -0.124. The maximum absolute atomic E-state index is 13.7. The Labute approximate surface area is 222 Å². The van der Waals surface area contributed by atoms with Gasteiger partial charge < -0.3 is 9.30 Å². The Bertz CT molecular complexity index is 1370. The van der Waals surface area contributed by atoms with Crippen LogP contribution < -0.4 is 0 Å². The zero-order valence-electron chi connectivity index (χ0n) is 21.4. The van der Waals surface area contributed by atoms with Crippen molar-refractivity contribution < 1.29 is 14.3 Å². The highest BCUT2D eigenvalue weighted by molar-refractivity contribution is 8.18. The molecule has 2 aromatic carbocycles. The molecule has 6 nitrogen and oxygen atoms in total. The van der Waals surface area contributed by atoms with Crippen molar-refractivity contribution in [3.63, 3.8) is 0 Å². The first kappa shape index (κ1) is 25.1. The third-order valence-corrected chi connectivity index (χ3v) is 8.04. The molecule has 0 atom stereocenters. The highest BCUT2D eigenvalue weighted by atomic mass is 32.2. The molecule has 37 heavy (non-hydrogen) atoms. The number of aromatic nitrogens is 1. The van der Waals surface area contributed by atoms with Gasteiger partial charge in [-0.15, -0.1) is 0 Å². The normalized spacial score (nSPS) is 18.7. The van der Waals surface area contributed by atoms with Gasteiger partial charge in [-0.3, -0.25) is 9.69 Å². The van der Waals surface area contributed by atoms with Gasteiger partial charge >= 0.3 is 5.97 Å². The van der Waals surface area contributed by atoms with Gasteiger partial charge in [0.1, 0.15) is 0 Å². The maximum Gasteiger partial charge on any atom is 0.337 e. The second-order valence-electron chi connectivity index (χ2n) is 9.51. The molecular formula is C30H31N3O3S. The topological polar surface area (TPSA) is 63.9 Å². The van der Waals surface area contributed by atoms with Crippen LogP contribution in [0.3, 0.4) is 0 Å². The summed E-state index contributed by atoms with van der Waals surface area (Å²) in [7, 11) is 1.38. The van der Waals surface area contributed by atoms with Gasteiger partial charge in [-0.25, -0.2) is 9.79 Å². The SMILES string of the molecule is COC(=O)c1ccc(-n2c(C)cc(/C=C3/SC(=Nc4ccccc4)N(C4CCCCC4)C3=O)c2C)cc1. The summed E-state index contributed by atoms with van der Waals surface area (Å²) < 4.78 is 6.95. The minimum absolute atomic E-state index is 0.0406. The number of methoxy groups -OCH3 is 1. The molecule has 0 radical (unpaired) electrons. The molecule has 190 valence electrons. The summed E-state index contributed by atoms with van der Waals surface area (Å²) >= 11 is 1.46. The van der Waals surface area contributed by atoms with Crippen LogP contribution in [0, 0.1) is 13.8 Å². The number of amidine groups is 1. The zero-order chi connectivity index (χ0) is 25.9. The number of esters is 1. The molecule has 2 aliphatic rings. The van der Waals surface area contributed by atoms with E-state index in [9.17, 15) is 9.59 Å². The minimum Gasteiger partial charge on any atom is -0.465 e. The number of benzene rings is 2. The van der Waals surface area contributed by atoms with Gasteiger partial charge in [-0.05, 0) is 92.6 Å². The Morgan fingerprint density at radius 2 is 1.73 bits per heavy atom. The monoisotopic (exact) mass is 513 g/mol. The van der Waals surface area contributed by atoms with Crippen molar-refractivity contribution in [3.8, 4) is 5.69 Å². The Morgan fingerprint density at radius 3 is 2.41 bits per heavy atom. The summed E-state index contributed by atoms with van der Waals surface area (Å²) in [6, 6.07) is 19.5. The maximum atomic E-state index is 13.7. The summed E-state index contributed by atoms with van der Waals surface area (Å²) in [5, 5.41) is 0.765.